The summed E-state index contributed by atoms with van der Waals surface area (Å²) in [6, 6.07) is 1.47. The summed E-state index contributed by atoms with van der Waals surface area (Å²) in [7, 11) is -1.89. The summed E-state index contributed by atoms with van der Waals surface area (Å²) in [4.78, 5) is 25.5. The van der Waals surface area contributed by atoms with Crippen molar-refractivity contribution in [2.24, 2.45) is 13.0 Å². The van der Waals surface area contributed by atoms with E-state index in [0.29, 0.717) is 44.7 Å². The fraction of sp³-hybridized carbons (Fsp3) is 0.667. The molecule has 2 aliphatic heterocycles. The van der Waals surface area contributed by atoms with E-state index in [4.69, 9.17) is 5.11 Å². The van der Waals surface area contributed by atoms with Gasteiger partial charge in [-0.15, -0.1) is 0 Å². The fourth-order valence-electron chi connectivity index (χ4n) is 3.89. The average molecular weight is 397 g/mol. The summed E-state index contributed by atoms with van der Waals surface area (Å²) < 4.78 is 28.7. The largest absolute Gasteiger partial charge is 0.481 e. The number of hydrogen-bond donors (Lipinski definition) is 1. The molecule has 2 aliphatic rings. The van der Waals surface area contributed by atoms with Crippen LogP contribution in [0.1, 0.15) is 49.0 Å². The van der Waals surface area contributed by atoms with Crippen molar-refractivity contribution in [3.63, 3.8) is 0 Å². The van der Waals surface area contributed by atoms with Crippen molar-refractivity contribution in [3.8, 4) is 0 Å². The van der Waals surface area contributed by atoms with Gasteiger partial charge in [0.2, 0.25) is 10.0 Å². The number of aryl methyl sites for hydroxylation is 1. The van der Waals surface area contributed by atoms with Crippen LogP contribution < -0.4 is 0 Å². The van der Waals surface area contributed by atoms with Gasteiger partial charge in [0.25, 0.3) is 5.91 Å². The van der Waals surface area contributed by atoms with Crippen molar-refractivity contribution in [1.29, 1.82) is 0 Å². The molecule has 9 heteroatoms. The first-order chi connectivity index (χ1) is 12.8. The van der Waals surface area contributed by atoms with Gasteiger partial charge in [-0.3, -0.25) is 9.59 Å². The first kappa shape index (κ1) is 19.9. The van der Waals surface area contributed by atoms with E-state index in [1.165, 1.54) is 16.6 Å². The van der Waals surface area contributed by atoms with E-state index in [-0.39, 0.29) is 23.1 Å². The van der Waals surface area contributed by atoms with Crippen LogP contribution in [0, 0.1) is 5.92 Å². The van der Waals surface area contributed by atoms with E-state index in [1.54, 1.807) is 16.5 Å². The van der Waals surface area contributed by atoms with Crippen LogP contribution in [0.25, 0.3) is 0 Å². The quantitative estimate of drug-likeness (QED) is 0.812. The molecule has 8 nitrogen and oxygen atoms in total. The van der Waals surface area contributed by atoms with Crippen LogP contribution >= 0.6 is 0 Å². The minimum absolute atomic E-state index is 0.0926. The Hall–Kier alpha value is -1.87. The third-order valence-corrected chi connectivity index (χ3v) is 7.38. The molecule has 2 fully saturated rings. The summed E-state index contributed by atoms with van der Waals surface area (Å²) >= 11 is 0. The van der Waals surface area contributed by atoms with Crippen molar-refractivity contribution in [3.05, 3.63) is 18.0 Å². The van der Waals surface area contributed by atoms with Crippen LogP contribution in [0.4, 0.5) is 0 Å². The highest BCUT2D eigenvalue weighted by molar-refractivity contribution is 7.89. The van der Waals surface area contributed by atoms with Gasteiger partial charge >= 0.3 is 5.97 Å². The number of likely N-dealkylation sites (tertiary alicyclic amines) is 1. The highest BCUT2D eigenvalue weighted by Crippen LogP contribution is 2.25. The Balaban J connectivity index is 1.71. The summed E-state index contributed by atoms with van der Waals surface area (Å²) in [5.74, 6) is -0.920. The predicted molar refractivity (Wildman–Crippen MR) is 98.9 cm³/mol. The van der Waals surface area contributed by atoms with Crippen LogP contribution in [0.15, 0.2) is 17.2 Å². The number of aromatic nitrogens is 1. The minimum atomic E-state index is -3.57. The summed E-state index contributed by atoms with van der Waals surface area (Å²) in [5.41, 5.74) is 0.349. The van der Waals surface area contributed by atoms with Crippen molar-refractivity contribution >= 4 is 21.9 Å². The lowest BCUT2D eigenvalue weighted by Crippen LogP contribution is -2.39. The number of carboxylic acid groups (broad SMARTS) is 1. The van der Waals surface area contributed by atoms with Crippen LogP contribution in [-0.4, -0.2) is 65.4 Å². The molecule has 0 spiro atoms. The fourth-order valence-corrected chi connectivity index (χ4v) is 5.48. The minimum Gasteiger partial charge on any atom is -0.481 e. The summed E-state index contributed by atoms with van der Waals surface area (Å²) in [5, 5.41) is 8.90. The number of nitrogens with zero attached hydrogens (tertiary/aromatic N) is 3. The Bertz CT molecular complexity index is 803. The van der Waals surface area contributed by atoms with Gasteiger partial charge in [-0.05, 0) is 37.7 Å². The molecule has 0 atom stereocenters. The van der Waals surface area contributed by atoms with Crippen LogP contribution in [-0.2, 0) is 21.9 Å². The summed E-state index contributed by atoms with van der Waals surface area (Å²) in [6.07, 6.45) is 5.72. The average Bonchev–Trinajstić information content (AvgIpc) is 3.04. The Morgan fingerprint density at radius 1 is 1.11 bits per heavy atom. The van der Waals surface area contributed by atoms with Crippen LogP contribution in [0.2, 0.25) is 0 Å². The molecule has 3 rings (SSSR count). The lowest BCUT2D eigenvalue weighted by molar-refractivity contribution is -0.138. The van der Waals surface area contributed by atoms with Gasteiger partial charge in [-0.2, -0.15) is 4.31 Å². The molecule has 3 heterocycles. The SMILES string of the molecule is Cn1cc(S(=O)(=O)N2CCCCC2)cc1C(=O)N1CCC(CC(=O)O)CC1. The standard InChI is InChI=1S/C18H27N3O5S/c1-19-13-15(27(25,26)21-7-3-2-4-8-21)12-16(19)18(24)20-9-5-14(6-10-20)11-17(22)23/h12-14H,2-11H2,1H3,(H,22,23). The van der Waals surface area contributed by atoms with Crippen molar-refractivity contribution < 1.29 is 23.1 Å². The van der Waals surface area contributed by atoms with Gasteiger partial charge in [0.15, 0.2) is 0 Å². The molecular formula is C18H27N3O5S. The predicted octanol–water partition coefficient (Wildman–Crippen LogP) is 1.53. The monoisotopic (exact) mass is 397 g/mol. The molecule has 27 heavy (non-hydrogen) atoms. The second kappa shape index (κ2) is 8.02. The highest BCUT2D eigenvalue weighted by Gasteiger charge is 2.31. The Morgan fingerprint density at radius 2 is 1.74 bits per heavy atom. The Morgan fingerprint density at radius 3 is 2.33 bits per heavy atom. The maximum Gasteiger partial charge on any atom is 0.303 e. The first-order valence-corrected chi connectivity index (χ1v) is 10.9. The van der Waals surface area contributed by atoms with Crippen molar-refractivity contribution in [2.45, 2.75) is 43.4 Å². The van der Waals surface area contributed by atoms with Crippen LogP contribution in [0.5, 0.6) is 0 Å². The highest BCUT2D eigenvalue weighted by atomic mass is 32.2. The van der Waals surface area contributed by atoms with E-state index >= 15 is 0 Å². The normalized spacial score (nSPS) is 20.0. The Labute approximate surface area is 159 Å². The number of rotatable bonds is 5. The van der Waals surface area contributed by atoms with Gasteiger partial charge in [-0.1, -0.05) is 6.42 Å². The second-order valence-corrected chi connectivity index (χ2v) is 9.41. The molecule has 0 saturated carbocycles. The number of aliphatic carboxylic acids is 1. The van der Waals surface area contributed by atoms with E-state index in [1.807, 2.05) is 0 Å². The van der Waals surface area contributed by atoms with Gasteiger partial charge in [0.1, 0.15) is 10.6 Å². The Kier molecular flexibility index (Phi) is 5.90. The number of carboxylic acids is 1. The number of hydrogen-bond acceptors (Lipinski definition) is 4. The maximum absolute atomic E-state index is 12.8. The number of carbonyl (C=O) groups excluding carboxylic acids is 1. The zero-order chi connectivity index (χ0) is 19.6. The summed E-state index contributed by atoms with van der Waals surface area (Å²) in [6.45, 7) is 2.04. The third kappa shape index (κ3) is 4.35. The molecular weight excluding hydrogens is 370 g/mol. The third-order valence-electron chi connectivity index (χ3n) is 5.52. The molecule has 1 aromatic rings. The smallest absolute Gasteiger partial charge is 0.303 e. The van der Waals surface area contributed by atoms with E-state index < -0.39 is 16.0 Å². The molecule has 1 N–H and O–H groups in total. The van der Waals surface area contributed by atoms with Gasteiger partial charge < -0.3 is 14.6 Å². The lowest BCUT2D eigenvalue weighted by atomic mass is 9.93. The number of sulfonamides is 1. The molecule has 0 aromatic carbocycles. The van der Waals surface area contributed by atoms with Gasteiger partial charge in [0.05, 0.1) is 0 Å². The van der Waals surface area contributed by atoms with E-state index in [9.17, 15) is 18.0 Å². The van der Waals surface area contributed by atoms with Gasteiger partial charge in [0, 0.05) is 45.8 Å². The molecule has 0 bridgehead atoms. The number of piperidine rings is 2. The maximum atomic E-state index is 12.8. The molecule has 0 radical (unpaired) electrons. The zero-order valence-corrected chi connectivity index (χ0v) is 16.4. The van der Waals surface area contributed by atoms with Crippen molar-refractivity contribution in [1.82, 2.24) is 13.8 Å². The molecule has 2 saturated heterocycles. The first-order valence-electron chi connectivity index (χ1n) is 9.46. The van der Waals surface area contributed by atoms with Gasteiger partial charge in [-0.25, -0.2) is 8.42 Å². The van der Waals surface area contributed by atoms with E-state index in [0.717, 1.165) is 19.3 Å². The molecule has 150 valence electrons. The number of carbonyl (C=O) groups is 2. The molecule has 1 amide bonds. The topological polar surface area (TPSA) is 99.9 Å². The molecule has 0 unspecified atom stereocenters. The van der Waals surface area contributed by atoms with E-state index in [2.05, 4.69) is 0 Å². The zero-order valence-electron chi connectivity index (χ0n) is 15.6. The van der Waals surface area contributed by atoms with Crippen molar-refractivity contribution in [2.75, 3.05) is 26.2 Å². The molecule has 0 aliphatic carbocycles. The molecule has 1 aromatic heterocycles. The lowest BCUT2D eigenvalue weighted by Gasteiger charge is -2.31. The number of amides is 1. The second-order valence-electron chi connectivity index (χ2n) is 7.47. The van der Waals surface area contributed by atoms with Crippen LogP contribution in [0.3, 0.4) is 0 Å².